The van der Waals surface area contributed by atoms with Crippen molar-refractivity contribution in [2.45, 2.75) is 26.2 Å². The van der Waals surface area contributed by atoms with Crippen LogP contribution in [0.5, 0.6) is 5.75 Å². The van der Waals surface area contributed by atoms with Crippen molar-refractivity contribution in [2.75, 3.05) is 6.61 Å². The molecular formula is C21H22N4O4. The fourth-order valence-corrected chi connectivity index (χ4v) is 2.89. The van der Waals surface area contributed by atoms with E-state index >= 15 is 0 Å². The van der Waals surface area contributed by atoms with Gasteiger partial charge in [0, 0.05) is 5.39 Å². The Bertz CT molecular complexity index is 1090. The van der Waals surface area contributed by atoms with Gasteiger partial charge in [0.2, 0.25) is 0 Å². The van der Waals surface area contributed by atoms with E-state index in [0.717, 1.165) is 12.0 Å². The molecule has 29 heavy (non-hydrogen) atoms. The number of hydrogen-bond acceptors (Lipinski definition) is 5. The Morgan fingerprint density at radius 3 is 2.52 bits per heavy atom. The predicted molar refractivity (Wildman–Crippen MR) is 109 cm³/mol. The van der Waals surface area contributed by atoms with E-state index in [0.29, 0.717) is 22.4 Å². The quantitative estimate of drug-likeness (QED) is 0.555. The number of carbonyl (C=O) groups excluding carboxylic acids is 2. The van der Waals surface area contributed by atoms with Crippen LogP contribution in [0.2, 0.25) is 0 Å². The smallest absolute Gasteiger partial charge is 0.290 e. The number of hydrazine groups is 1. The van der Waals surface area contributed by atoms with Crippen molar-refractivity contribution in [1.82, 2.24) is 21.0 Å². The average molecular weight is 394 g/mol. The summed E-state index contributed by atoms with van der Waals surface area (Å²) >= 11 is 0. The zero-order chi connectivity index (χ0) is 20.8. The van der Waals surface area contributed by atoms with Crippen LogP contribution < -0.4 is 21.1 Å². The zero-order valence-electron chi connectivity index (χ0n) is 16.2. The standard InChI is InChI=1S/C21H22N4O4/c1-3-13(2)14-8-6-7-11-17(14)29-12-18(26)22-25-21(28)19-15-9-4-5-10-16(15)20(27)24-23-19/h4-11,13H,3,12H2,1-2H3,(H,22,26)(H,24,27)(H,25,28). The largest absolute Gasteiger partial charge is 0.483 e. The van der Waals surface area contributed by atoms with Gasteiger partial charge in [0.25, 0.3) is 17.4 Å². The first-order valence-corrected chi connectivity index (χ1v) is 9.29. The second-order valence-electron chi connectivity index (χ2n) is 6.59. The third-order valence-electron chi connectivity index (χ3n) is 4.65. The molecule has 0 saturated heterocycles. The van der Waals surface area contributed by atoms with Crippen molar-refractivity contribution >= 4 is 22.6 Å². The van der Waals surface area contributed by atoms with Gasteiger partial charge in [-0.1, -0.05) is 50.2 Å². The number of H-pyrrole nitrogens is 1. The van der Waals surface area contributed by atoms with Crippen molar-refractivity contribution in [3.05, 3.63) is 70.1 Å². The molecule has 1 atom stereocenters. The van der Waals surface area contributed by atoms with Gasteiger partial charge in [0.05, 0.1) is 5.39 Å². The van der Waals surface area contributed by atoms with Crippen molar-refractivity contribution in [3.63, 3.8) is 0 Å². The lowest BCUT2D eigenvalue weighted by molar-refractivity contribution is -0.123. The molecule has 0 radical (unpaired) electrons. The minimum atomic E-state index is -0.647. The summed E-state index contributed by atoms with van der Waals surface area (Å²) < 4.78 is 5.62. The van der Waals surface area contributed by atoms with Gasteiger partial charge in [-0.15, -0.1) is 0 Å². The van der Waals surface area contributed by atoms with Gasteiger partial charge < -0.3 is 4.74 Å². The van der Waals surface area contributed by atoms with Crippen LogP contribution in [-0.2, 0) is 4.79 Å². The molecule has 8 nitrogen and oxygen atoms in total. The van der Waals surface area contributed by atoms with Crippen LogP contribution >= 0.6 is 0 Å². The first-order valence-electron chi connectivity index (χ1n) is 9.29. The number of nitrogens with zero attached hydrogens (tertiary/aromatic N) is 1. The molecule has 150 valence electrons. The lowest BCUT2D eigenvalue weighted by Crippen LogP contribution is -2.44. The highest BCUT2D eigenvalue weighted by Crippen LogP contribution is 2.28. The Labute approximate surface area is 167 Å². The van der Waals surface area contributed by atoms with Crippen LogP contribution in [-0.4, -0.2) is 28.6 Å². The minimum Gasteiger partial charge on any atom is -0.483 e. The van der Waals surface area contributed by atoms with Gasteiger partial charge >= 0.3 is 0 Å². The topological polar surface area (TPSA) is 113 Å². The molecule has 0 aliphatic rings. The molecule has 3 N–H and O–H groups in total. The van der Waals surface area contributed by atoms with Gasteiger partial charge in [0.15, 0.2) is 12.3 Å². The molecule has 2 amide bonds. The first-order chi connectivity index (χ1) is 14.0. The molecule has 0 aliphatic carbocycles. The lowest BCUT2D eigenvalue weighted by atomic mass is 9.98. The van der Waals surface area contributed by atoms with Gasteiger partial charge in [-0.3, -0.25) is 25.2 Å². The molecular weight excluding hydrogens is 372 g/mol. The first kappa shape index (κ1) is 20.1. The van der Waals surface area contributed by atoms with Crippen molar-refractivity contribution in [3.8, 4) is 5.75 Å². The Hall–Kier alpha value is -3.68. The Morgan fingerprint density at radius 1 is 1.07 bits per heavy atom. The van der Waals surface area contributed by atoms with Gasteiger partial charge in [0.1, 0.15) is 5.75 Å². The fourth-order valence-electron chi connectivity index (χ4n) is 2.89. The maximum Gasteiger partial charge on any atom is 0.290 e. The normalized spacial score (nSPS) is 11.7. The number of amides is 2. The summed E-state index contributed by atoms with van der Waals surface area (Å²) in [5.74, 6) is -0.234. The van der Waals surface area contributed by atoms with Crippen molar-refractivity contribution in [2.24, 2.45) is 0 Å². The molecule has 1 unspecified atom stereocenters. The highest BCUT2D eigenvalue weighted by molar-refractivity contribution is 6.05. The number of rotatable bonds is 6. The molecule has 0 spiro atoms. The van der Waals surface area contributed by atoms with E-state index in [2.05, 4.69) is 34.9 Å². The minimum absolute atomic E-state index is 0.00327. The molecule has 0 saturated carbocycles. The summed E-state index contributed by atoms with van der Waals surface area (Å²) in [6, 6.07) is 14.1. The zero-order valence-corrected chi connectivity index (χ0v) is 16.2. The summed E-state index contributed by atoms with van der Waals surface area (Å²) in [6.07, 6.45) is 0.947. The molecule has 3 aromatic rings. The van der Waals surface area contributed by atoms with Crippen molar-refractivity contribution < 1.29 is 14.3 Å². The number of hydrogen-bond donors (Lipinski definition) is 3. The second-order valence-corrected chi connectivity index (χ2v) is 6.59. The monoisotopic (exact) mass is 394 g/mol. The number of aromatic amines is 1. The predicted octanol–water partition coefficient (Wildman–Crippen LogP) is 2.28. The molecule has 0 fully saturated rings. The Balaban J connectivity index is 1.62. The molecule has 3 rings (SSSR count). The molecule has 2 aromatic carbocycles. The summed E-state index contributed by atoms with van der Waals surface area (Å²) in [4.78, 5) is 36.3. The molecule has 0 bridgehead atoms. The van der Waals surface area contributed by atoms with E-state index in [1.807, 2.05) is 24.3 Å². The van der Waals surface area contributed by atoms with Crippen LogP contribution in [0.15, 0.2) is 53.3 Å². The van der Waals surface area contributed by atoms with Crippen LogP contribution in [0.4, 0.5) is 0 Å². The SMILES string of the molecule is CCC(C)c1ccccc1OCC(=O)NNC(=O)c1n[nH]c(=O)c2ccccc12. The number of benzene rings is 2. The Morgan fingerprint density at radius 2 is 1.76 bits per heavy atom. The average Bonchev–Trinajstić information content (AvgIpc) is 2.76. The van der Waals surface area contributed by atoms with Crippen LogP contribution in [0.25, 0.3) is 10.8 Å². The highest BCUT2D eigenvalue weighted by atomic mass is 16.5. The van der Waals surface area contributed by atoms with Crippen molar-refractivity contribution in [1.29, 1.82) is 0 Å². The van der Waals surface area contributed by atoms with E-state index < -0.39 is 17.4 Å². The van der Waals surface area contributed by atoms with Crippen LogP contribution in [0, 0.1) is 0 Å². The Kier molecular flexibility index (Phi) is 6.23. The molecule has 1 aromatic heterocycles. The number of fused-ring (bicyclic) bond motifs is 1. The maximum atomic E-state index is 12.4. The molecule has 8 heteroatoms. The number of aromatic nitrogens is 2. The number of para-hydroxylation sites is 1. The second kappa shape index (κ2) is 9.01. The highest BCUT2D eigenvalue weighted by Gasteiger charge is 2.15. The summed E-state index contributed by atoms with van der Waals surface area (Å²) in [5, 5.41) is 6.79. The van der Waals surface area contributed by atoms with E-state index in [4.69, 9.17) is 4.74 Å². The molecule has 1 heterocycles. The van der Waals surface area contributed by atoms with E-state index in [-0.39, 0.29) is 12.3 Å². The number of ether oxygens (including phenoxy) is 1. The maximum absolute atomic E-state index is 12.4. The van der Waals surface area contributed by atoms with E-state index in [1.54, 1.807) is 24.3 Å². The summed E-state index contributed by atoms with van der Waals surface area (Å²) in [5.41, 5.74) is 5.22. The number of nitrogens with one attached hydrogen (secondary N) is 3. The fraction of sp³-hybridized carbons (Fsp3) is 0.238. The molecule has 0 aliphatic heterocycles. The van der Waals surface area contributed by atoms with Gasteiger partial charge in [-0.05, 0) is 30.0 Å². The van der Waals surface area contributed by atoms with Gasteiger partial charge in [-0.25, -0.2) is 5.10 Å². The van der Waals surface area contributed by atoms with Crippen LogP contribution in [0.1, 0.15) is 42.2 Å². The lowest BCUT2D eigenvalue weighted by Gasteiger charge is -2.15. The third kappa shape index (κ3) is 4.60. The van der Waals surface area contributed by atoms with Crippen LogP contribution in [0.3, 0.4) is 0 Å². The van der Waals surface area contributed by atoms with E-state index in [9.17, 15) is 14.4 Å². The number of carbonyl (C=O) groups is 2. The third-order valence-corrected chi connectivity index (χ3v) is 4.65. The van der Waals surface area contributed by atoms with E-state index in [1.165, 1.54) is 0 Å². The summed E-state index contributed by atoms with van der Waals surface area (Å²) in [6.45, 7) is 3.91. The van der Waals surface area contributed by atoms with Gasteiger partial charge in [-0.2, -0.15) is 5.10 Å². The summed E-state index contributed by atoms with van der Waals surface area (Å²) in [7, 11) is 0.